The predicted molar refractivity (Wildman–Crippen MR) is 76.6 cm³/mol. The number of ether oxygens (including phenoxy) is 1. The van der Waals surface area contributed by atoms with E-state index in [1.165, 1.54) is 27.1 Å². The number of halogens is 1. The van der Waals surface area contributed by atoms with Crippen LogP contribution in [0, 0.1) is 12.7 Å². The van der Waals surface area contributed by atoms with E-state index in [1.54, 1.807) is 0 Å². The van der Waals surface area contributed by atoms with Gasteiger partial charge in [-0.3, -0.25) is 4.79 Å². The highest BCUT2D eigenvalue weighted by Crippen LogP contribution is 2.23. The third kappa shape index (κ3) is 4.15. The first-order valence-corrected chi connectivity index (χ1v) is 7.73. The number of anilines is 1. The first kappa shape index (κ1) is 17.4. The molecule has 1 aromatic carbocycles. The highest BCUT2D eigenvalue weighted by Gasteiger charge is 2.22. The summed E-state index contributed by atoms with van der Waals surface area (Å²) in [4.78, 5) is 10.8. The zero-order chi connectivity index (χ0) is 16.2. The summed E-state index contributed by atoms with van der Waals surface area (Å²) >= 11 is 0. The minimum atomic E-state index is -3.84. The summed E-state index contributed by atoms with van der Waals surface area (Å²) in [6.45, 7) is 1.59. The third-order valence-corrected chi connectivity index (χ3v) is 4.98. The summed E-state index contributed by atoms with van der Waals surface area (Å²) in [7, 11) is -1.22. The molecule has 21 heavy (non-hydrogen) atoms. The number of hydrogen-bond donors (Lipinski definition) is 1. The molecular weight excluding hydrogens is 299 g/mol. The molecule has 0 fully saturated rings. The highest BCUT2D eigenvalue weighted by atomic mass is 32.2. The molecule has 0 aliphatic carbocycles. The van der Waals surface area contributed by atoms with Crippen molar-refractivity contribution in [2.75, 3.05) is 26.4 Å². The summed E-state index contributed by atoms with van der Waals surface area (Å²) in [6, 6.07) is 2.17. The van der Waals surface area contributed by atoms with Gasteiger partial charge in [0.2, 0.25) is 10.0 Å². The van der Waals surface area contributed by atoms with Gasteiger partial charge < -0.3 is 10.5 Å². The largest absolute Gasteiger partial charge is 0.469 e. The topological polar surface area (TPSA) is 89.7 Å². The summed E-state index contributed by atoms with van der Waals surface area (Å²) in [5.74, 6) is -1.08. The van der Waals surface area contributed by atoms with Gasteiger partial charge in [0, 0.05) is 31.3 Å². The Bertz CT molecular complexity index is 608. The number of benzene rings is 1. The van der Waals surface area contributed by atoms with Gasteiger partial charge in [-0.2, -0.15) is 0 Å². The average Bonchev–Trinajstić information content (AvgIpc) is 2.43. The Morgan fingerprint density at radius 1 is 1.43 bits per heavy atom. The molecule has 0 heterocycles. The maximum atomic E-state index is 13.6. The van der Waals surface area contributed by atoms with Crippen molar-refractivity contribution in [2.45, 2.75) is 24.7 Å². The first-order valence-electron chi connectivity index (χ1n) is 6.29. The molecule has 1 aromatic rings. The third-order valence-electron chi connectivity index (χ3n) is 3.15. The lowest BCUT2D eigenvalue weighted by Crippen LogP contribution is -2.28. The zero-order valence-corrected chi connectivity index (χ0v) is 13.0. The lowest BCUT2D eigenvalue weighted by atomic mass is 10.2. The summed E-state index contributed by atoms with van der Waals surface area (Å²) in [6.07, 6.45) is 0.424. The van der Waals surface area contributed by atoms with Crippen molar-refractivity contribution in [1.82, 2.24) is 4.31 Å². The van der Waals surface area contributed by atoms with Crippen molar-refractivity contribution in [3.63, 3.8) is 0 Å². The van der Waals surface area contributed by atoms with E-state index in [2.05, 4.69) is 4.74 Å². The molecule has 0 aliphatic rings. The molecule has 0 bridgehead atoms. The van der Waals surface area contributed by atoms with Crippen LogP contribution in [0.15, 0.2) is 17.0 Å². The van der Waals surface area contributed by atoms with Crippen LogP contribution in [-0.2, 0) is 19.6 Å². The van der Waals surface area contributed by atoms with Crippen LogP contribution in [0.5, 0.6) is 0 Å². The smallest absolute Gasteiger partial charge is 0.305 e. The van der Waals surface area contributed by atoms with Crippen molar-refractivity contribution in [3.8, 4) is 0 Å². The number of esters is 1. The Labute approximate surface area is 123 Å². The number of carbonyl (C=O) groups excluding carboxylic acids is 1. The molecule has 6 nitrogen and oxygen atoms in total. The van der Waals surface area contributed by atoms with Crippen LogP contribution in [0.1, 0.15) is 18.4 Å². The van der Waals surface area contributed by atoms with E-state index in [1.807, 2.05) is 0 Å². The minimum Gasteiger partial charge on any atom is -0.469 e. The summed E-state index contributed by atoms with van der Waals surface area (Å²) < 4.78 is 43.7. The van der Waals surface area contributed by atoms with Gasteiger partial charge in [-0.1, -0.05) is 0 Å². The van der Waals surface area contributed by atoms with E-state index in [0.717, 1.165) is 10.4 Å². The number of rotatable bonds is 6. The lowest BCUT2D eigenvalue weighted by molar-refractivity contribution is -0.140. The van der Waals surface area contributed by atoms with Crippen LogP contribution >= 0.6 is 0 Å². The molecule has 0 aromatic heterocycles. The van der Waals surface area contributed by atoms with E-state index >= 15 is 0 Å². The van der Waals surface area contributed by atoms with E-state index in [0.29, 0.717) is 6.42 Å². The monoisotopic (exact) mass is 318 g/mol. The van der Waals surface area contributed by atoms with Gasteiger partial charge >= 0.3 is 5.97 Å². The molecule has 8 heteroatoms. The van der Waals surface area contributed by atoms with Crippen molar-refractivity contribution >= 4 is 21.7 Å². The highest BCUT2D eigenvalue weighted by molar-refractivity contribution is 7.89. The Kier molecular flexibility index (Phi) is 5.68. The molecule has 2 N–H and O–H groups in total. The average molecular weight is 318 g/mol. The Hall–Kier alpha value is -1.67. The second-order valence-electron chi connectivity index (χ2n) is 4.63. The van der Waals surface area contributed by atoms with Crippen LogP contribution in [-0.4, -0.2) is 39.4 Å². The van der Waals surface area contributed by atoms with Crippen molar-refractivity contribution in [3.05, 3.63) is 23.5 Å². The normalized spacial score (nSPS) is 11.7. The summed E-state index contributed by atoms with van der Waals surface area (Å²) in [5, 5.41) is 0. The van der Waals surface area contributed by atoms with Crippen LogP contribution in [0.3, 0.4) is 0 Å². The van der Waals surface area contributed by atoms with Gasteiger partial charge in [0.25, 0.3) is 0 Å². The molecule has 118 valence electrons. The van der Waals surface area contributed by atoms with E-state index in [-0.39, 0.29) is 29.1 Å². The van der Waals surface area contributed by atoms with Crippen molar-refractivity contribution in [2.24, 2.45) is 0 Å². The summed E-state index contributed by atoms with van der Waals surface area (Å²) in [5.41, 5.74) is 5.88. The van der Waals surface area contributed by atoms with Gasteiger partial charge in [-0.15, -0.1) is 0 Å². The molecule has 0 amide bonds. The minimum absolute atomic E-state index is 0.0801. The fourth-order valence-electron chi connectivity index (χ4n) is 1.67. The van der Waals surface area contributed by atoms with Crippen molar-refractivity contribution in [1.29, 1.82) is 0 Å². The number of nitrogens with zero attached hydrogens (tertiary/aromatic N) is 1. The molecule has 0 aliphatic heterocycles. The van der Waals surface area contributed by atoms with Gasteiger partial charge in [0.15, 0.2) is 0 Å². The van der Waals surface area contributed by atoms with Gasteiger partial charge in [-0.25, -0.2) is 17.1 Å². The molecule has 0 saturated heterocycles. The molecular formula is C13H19FN2O4S. The van der Waals surface area contributed by atoms with Gasteiger partial charge in [0.05, 0.1) is 12.0 Å². The van der Waals surface area contributed by atoms with Crippen LogP contribution in [0.25, 0.3) is 0 Å². The van der Waals surface area contributed by atoms with E-state index in [4.69, 9.17) is 5.73 Å². The maximum Gasteiger partial charge on any atom is 0.305 e. The molecule has 0 radical (unpaired) electrons. The number of sulfonamides is 1. The SMILES string of the molecule is COC(=O)CCCN(C)S(=O)(=O)c1cc(N)c(C)c(F)c1. The maximum absolute atomic E-state index is 13.6. The molecule has 0 unspecified atom stereocenters. The lowest BCUT2D eigenvalue weighted by Gasteiger charge is -2.17. The quantitative estimate of drug-likeness (QED) is 0.630. The zero-order valence-electron chi connectivity index (χ0n) is 12.2. The first-order chi connectivity index (χ1) is 9.70. The number of nitrogen functional groups attached to an aromatic ring is 1. The molecule has 0 atom stereocenters. The fourth-order valence-corrected chi connectivity index (χ4v) is 2.93. The van der Waals surface area contributed by atoms with Crippen LogP contribution in [0.4, 0.5) is 10.1 Å². The van der Waals surface area contributed by atoms with Gasteiger partial charge in [0.1, 0.15) is 5.82 Å². The second-order valence-corrected chi connectivity index (χ2v) is 6.67. The second kappa shape index (κ2) is 6.86. The number of carbonyl (C=O) groups is 1. The molecule has 1 rings (SSSR count). The Morgan fingerprint density at radius 2 is 2.05 bits per heavy atom. The van der Waals surface area contributed by atoms with E-state index < -0.39 is 21.8 Å². The Morgan fingerprint density at radius 3 is 2.57 bits per heavy atom. The fraction of sp³-hybridized carbons (Fsp3) is 0.462. The standard InChI is InChI=1S/C13H19FN2O4S/c1-9-11(14)7-10(8-12(9)15)21(18,19)16(2)6-4-5-13(17)20-3/h7-8H,4-6,15H2,1-3H3. The molecule has 0 saturated carbocycles. The number of hydrogen-bond acceptors (Lipinski definition) is 5. The van der Waals surface area contributed by atoms with Crippen LogP contribution < -0.4 is 5.73 Å². The number of nitrogens with two attached hydrogens (primary N) is 1. The van der Waals surface area contributed by atoms with Crippen molar-refractivity contribution < 1.29 is 22.3 Å². The Balaban J connectivity index is 2.88. The van der Waals surface area contributed by atoms with Gasteiger partial charge in [-0.05, 0) is 25.5 Å². The van der Waals surface area contributed by atoms with Crippen LogP contribution in [0.2, 0.25) is 0 Å². The number of methoxy groups -OCH3 is 1. The molecule has 0 spiro atoms. The predicted octanol–water partition coefficient (Wildman–Crippen LogP) is 1.29. The van der Waals surface area contributed by atoms with E-state index in [9.17, 15) is 17.6 Å².